The maximum absolute atomic E-state index is 14.6. The van der Waals surface area contributed by atoms with E-state index in [2.05, 4.69) is 4.90 Å². The lowest BCUT2D eigenvalue weighted by atomic mass is 9.94. The van der Waals surface area contributed by atoms with Gasteiger partial charge in [0, 0.05) is 19.0 Å². The number of carbonyl (C=O) groups is 1. The molecule has 0 unspecified atom stereocenters. The Bertz CT molecular complexity index is 615. The van der Waals surface area contributed by atoms with E-state index in [0.717, 1.165) is 24.4 Å². The molecule has 1 aromatic carbocycles. The first kappa shape index (κ1) is 18.9. The second-order valence-electron chi connectivity index (χ2n) is 7.29. The van der Waals surface area contributed by atoms with Crippen molar-refractivity contribution < 1.29 is 13.9 Å². The first-order chi connectivity index (χ1) is 12.7. The lowest BCUT2D eigenvalue weighted by molar-refractivity contribution is -0.134. The number of hydrogen-bond acceptors (Lipinski definition) is 3. The van der Waals surface area contributed by atoms with Gasteiger partial charge >= 0.3 is 0 Å². The van der Waals surface area contributed by atoms with Gasteiger partial charge in [-0.25, -0.2) is 4.39 Å². The maximum atomic E-state index is 14.6. The third-order valence-electron chi connectivity index (χ3n) is 5.47. The standard InChI is InChI=1S/C21H29FN2O2/c1-26-19-7-5-17(6-8-19)15-20(22)18-9-13-24(14-10-18)21(25)16-23-11-3-2-4-12-23/h5-8,15,18H,2-4,9-14,16H2,1H3. The molecule has 142 valence electrons. The smallest absolute Gasteiger partial charge is 0.236 e. The van der Waals surface area contributed by atoms with Crippen molar-refractivity contribution >= 4 is 12.0 Å². The van der Waals surface area contributed by atoms with Crippen LogP contribution in [0.1, 0.15) is 37.7 Å². The molecule has 0 radical (unpaired) electrons. The summed E-state index contributed by atoms with van der Waals surface area (Å²) in [6.07, 6.45) is 6.66. The Labute approximate surface area is 155 Å². The number of ether oxygens (including phenoxy) is 1. The monoisotopic (exact) mass is 360 g/mol. The summed E-state index contributed by atoms with van der Waals surface area (Å²) in [5, 5.41) is 0. The van der Waals surface area contributed by atoms with Crippen molar-refractivity contribution in [2.75, 3.05) is 39.8 Å². The molecule has 1 aromatic rings. The molecular weight excluding hydrogens is 331 g/mol. The molecule has 2 aliphatic heterocycles. The zero-order valence-corrected chi connectivity index (χ0v) is 15.6. The second kappa shape index (κ2) is 9.17. The summed E-state index contributed by atoms with van der Waals surface area (Å²) >= 11 is 0. The fourth-order valence-corrected chi connectivity index (χ4v) is 3.79. The number of allylic oxidation sites excluding steroid dienone is 1. The molecule has 0 aliphatic carbocycles. The molecule has 3 rings (SSSR count). The number of rotatable bonds is 5. The average Bonchev–Trinajstić information content (AvgIpc) is 2.69. The molecule has 2 fully saturated rings. The molecule has 0 spiro atoms. The van der Waals surface area contributed by atoms with Crippen molar-refractivity contribution in [1.82, 2.24) is 9.80 Å². The van der Waals surface area contributed by atoms with E-state index in [1.165, 1.54) is 19.3 Å². The number of methoxy groups -OCH3 is 1. The highest BCUT2D eigenvalue weighted by atomic mass is 19.1. The van der Waals surface area contributed by atoms with Crippen LogP contribution in [0.25, 0.3) is 6.08 Å². The van der Waals surface area contributed by atoms with Crippen LogP contribution in [0.4, 0.5) is 4.39 Å². The molecule has 5 heteroatoms. The van der Waals surface area contributed by atoms with Crippen molar-refractivity contribution in [3.63, 3.8) is 0 Å². The minimum atomic E-state index is -0.0869. The predicted octanol–water partition coefficient (Wildman–Crippen LogP) is 3.73. The van der Waals surface area contributed by atoms with Crippen LogP contribution < -0.4 is 4.74 Å². The van der Waals surface area contributed by atoms with Crippen LogP contribution in [0, 0.1) is 5.92 Å². The summed E-state index contributed by atoms with van der Waals surface area (Å²) in [4.78, 5) is 16.6. The average molecular weight is 360 g/mol. The van der Waals surface area contributed by atoms with Crippen molar-refractivity contribution in [3.8, 4) is 5.75 Å². The highest BCUT2D eigenvalue weighted by Crippen LogP contribution is 2.28. The largest absolute Gasteiger partial charge is 0.497 e. The van der Waals surface area contributed by atoms with Crippen LogP contribution in [0.5, 0.6) is 5.75 Å². The molecule has 0 aromatic heterocycles. The number of nitrogens with zero attached hydrogens (tertiary/aromatic N) is 2. The van der Waals surface area contributed by atoms with Crippen LogP contribution in [-0.2, 0) is 4.79 Å². The second-order valence-corrected chi connectivity index (χ2v) is 7.29. The Morgan fingerprint density at radius 2 is 1.77 bits per heavy atom. The quantitative estimate of drug-likeness (QED) is 0.802. The van der Waals surface area contributed by atoms with Gasteiger partial charge in [0.15, 0.2) is 0 Å². The van der Waals surface area contributed by atoms with Crippen LogP contribution in [-0.4, -0.2) is 55.5 Å². The molecule has 26 heavy (non-hydrogen) atoms. The molecule has 2 heterocycles. The number of piperidine rings is 2. The van der Waals surface area contributed by atoms with Gasteiger partial charge in [-0.05, 0) is 62.5 Å². The highest BCUT2D eigenvalue weighted by Gasteiger charge is 2.26. The van der Waals surface area contributed by atoms with Gasteiger partial charge in [-0.3, -0.25) is 9.69 Å². The summed E-state index contributed by atoms with van der Waals surface area (Å²) in [6.45, 7) is 3.89. The molecule has 1 amide bonds. The van der Waals surface area contributed by atoms with E-state index in [1.807, 2.05) is 29.2 Å². The van der Waals surface area contributed by atoms with E-state index in [0.29, 0.717) is 32.5 Å². The summed E-state index contributed by atoms with van der Waals surface area (Å²) in [6, 6.07) is 7.38. The van der Waals surface area contributed by atoms with Gasteiger partial charge in [0.2, 0.25) is 5.91 Å². The van der Waals surface area contributed by atoms with Gasteiger partial charge in [0.05, 0.1) is 13.7 Å². The Morgan fingerprint density at radius 1 is 1.12 bits per heavy atom. The maximum Gasteiger partial charge on any atom is 0.236 e. The van der Waals surface area contributed by atoms with E-state index >= 15 is 0 Å². The third kappa shape index (κ3) is 5.07. The molecule has 2 saturated heterocycles. The van der Waals surface area contributed by atoms with E-state index in [4.69, 9.17) is 4.74 Å². The minimum absolute atomic E-state index is 0.0849. The van der Waals surface area contributed by atoms with E-state index < -0.39 is 0 Å². The van der Waals surface area contributed by atoms with Crippen molar-refractivity contribution in [3.05, 3.63) is 35.7 Å². The van der Waals surface area contributed by atoms with Crippen LogP contribution in [0.2, 0.25) is 0 Å². The van der Waals surface area contributed by atoms with Gasteiger partial charge in [0.25, 0.3) is 0 Å². The topological polar surface area (TPSA) is 32.8 Å². The zero-order chi connectivity index (χ0) is 18.4. The number of amides is 1. The number of halogens is 1. The fraction of sp³-hybridized carbons (Fsp3) is 0.571. The van der Waals surface area contributed by atoms with Crippen LogP contribution in [0.15, 0.2) is 30.1 Å². The van der Waals surface area contributed by atoms with Crippen molar-refractivity contribution in [1.29, 1.82) is 0 Å². The van der Waals surface area contributed by atoms with Gasteiger partial charge in [-0.1, -0.05) is 18.6 Å². The molecule has 0 bridgehead atoms. The summed E-state index contributed by atoms with van der Waals surface area (Å²) in [5.74, 6) is 0.794. The Morgan fingerprint density at radius 3 is 2.38 bits per heavy atom. The summed E-state index contributed by atoms with van der Waals surface area (Å²) in [5.41, 5.74) is 0.840. The summed E-state index contributed by atoms with van der Waals surface area (Å²) < 4.78 is 19.7. The first-order valence-electron chi connectivity index (χ1n) is 9.67. The molecule has 4 nitrogen and oxygen atoms in total. The Kier molecular flexibility index (Phi) is 6.67. The molecule has 0 saturated carbocycles. The summed E-state index contributed by atoms with van der Waals surface area (Å²) in [7, 11) is 1.62. The lowest BCUT2D eigenvalue weighted by Crippen LogP contribution is -2.45. The van der Waals surface area contributed by atoms with Gasteiger partial charge in [0.1, 0.15) is 11.6 Å². The third-order valence-corrected chi connectivity index (χ3v) is 5.47. The molecule has 2 aliphatic rings. The van der Waals surface area contributed by atoms with E-state index in [-0.39, 0.29) is 17.7 Å². The fourth-order valence-electron chi connectivity index (χ4n) is 3.79. The van der Waals surface area contributed by atoms with Crippen LogP contribution in [0.3, 0.4) is 0 Å². The number of benzene rings is 1. The first-order valence-corrected chi connectivity index (χ1v) is 9.67. The lowest BCUT2D eigenvalue weighted by Gasteiger charge is -2.34. The highest BCUT2D eigenvalue weighted by molar-refractivity contribution is 5.78. The Balaban J connectivity index is 1.48. The van der Waals surface area contributed by atoms with E-state index in [9.17, 15) is 9.18 Å². The zero-order valence-electron chi connectivity index (χ0n) is 15.6. The minimum Gasteiger partial charge on any atom is -0.497 e. The number of carbonyl (C=O) groups excluding carboxylic acids is 1. The molecular formula is C21H29FN2O2. The van der Waals surface area contributed by atoms with Crippen LogP contribution >= 0.6 is 0 Å². The van der Waals surface area contributed by atoms with Crippen molar-refractivity contribution in [2.24, 2.45) is 5.92 Å². The number of likely N-dealkylation sites (tertiary alicyclic amines) is 2. The van der Waals surface area contributed by atoms with E-state index in [1.54, 1.807) is 13.2 Å². The molecule has 0 N–H and O–H groups in total. The molecule has 0 atom stereocenters. The van der Waals surface area contributed by atoms with Gasteiger partial charge in [-0.15, -0.1) is 0 Å². The van der Waals surface area contributed by atoms with Gasteiger partial charge in [-0.2, -0.15) is 0 Å². The normalized spacial score (nSPS) is 20.2. The van der Waals surface area contributed by atoms with Gasteiger partial charge < -0.3 is 9.64 Å². The predicted molar refractivity (Wildman–Crippen MR) is 102 cm³/mol. The van der Waals surface area contributed by atoms with Crippen molar-refractivity contribution in [2.45, 2.75) is 32.1 Å². The Hall–Kier alpha value is -1.88. The SMILES string of the molecule is COc1ccc(C=C(F)C2CCN(C(=O)CN3CCCCC3)CC2)cc1. The number of hydrogen-bond donors (Lipinski definition) is 0.